The average Bonchev–Trinajstić information content (AvgIpc) is 2.67. The highest BCUT2D eigenvalue weighted by atomic mass is 32.1. The van der Waals surface area contributed by atoms with E-state index in [-0.39, 0.29) is 0 Å². The van der Waals surface area contributed by atoms with E-state index < -0.39 is 0 Å². The molecule has 1 fully saturated rings. The van der Waals surface area contributed by atoms with Gasteiger partial charge in [-0.1, -0.05) is 74.6 Å². The molecule has 0 spiro atoms. The lowest BCUT2D eigenvalue weighted by atomic mass is 9.75. The van der Waals surface area contributed by atoms with Crippen LogP contribution in [0.2, 0.25) is 0 Å². The van der Waals surface area contributed by atoms with Crippen LogP contribution in [0.5, 0.6) is 0 Å². The monoisotopic (exact) mass is 362 g/mol. The van der Waals surface area contributed by atoms with Crippen molar-refractivity contribution in [1.82, 2.24) is 9.80 Å². The van der Waals surface area contributed by atoms with Crippen molar-refractivity contribution < 1.29 is 0 Å². The van der Waals surface area contributed by atoms with Crippen LogP contribution in [0.1, 0.15) is 48.3 Å². The molecule has 3 heterocycles. The summed E-state index contributed by atoms with van der Waals surface area (Å²) in [5.41, 5.74) is 5.98. The summed E-state index contributed by atoms with van der Waals surface area (Å²) in [7, 11) is 0. The maximum absolute atomic E-state index is 6.13. The predicted octanol–water partition coefficient (Wildman–Crippen LogP) is 4.76. The van der Waals surface area contributed by atoms with Gasteiger partial charge in [-0.3, -0.25) is 4.90 Å². The Morgan fingerprint density at radius 3 is 2.23 bits per heavy atom. The Balaban J connectivity index is 1.69. The molecule has 0 N–H and O–H groups in total. The fourth-order valence-corrected chi connectivity index (χ4v) is 5.99. The van der Waals surface area contributed by atoms with E-state index in [1.165, 1.54) is 27.2 Å². The van der Waals surface area contributed by atoms with Crippen LogP contribution in [0.15, 0.2) is 48.5 Å². The van der Waals surface area contributed by atoms with Crippen LogP contribution in [-0.2, 0) is 12.8 Å². The number of hydrogen-bond acceptors (Lipinski definition) is 2. The molecule has 0 aromatic heterocycles. The molecule has 3 aliphatic heterocycles. The van der Waals surface area contributed by atoms with E-state index in [2.05, 4.69) is 72.2 Å². The first kappa shape index (κ1) is 16.5. The van der Waals surface area contributed by atoms with Crippen LogP contribution in [-0.4, -0.2) is 27.9 Å². The van der Waals surface area contributed by atoms with Gasteiger partial charge in [-0.25, -0.2) is 0 Å². The molecule has 3 aliphatic rings. The van der Waals surface area contributed by atoms with Gasteiger partial charge in [-0.15, -0.1) is 0 Å². The van der Waals surface area contributed by atoms with Gasteiger partial charge in [0.05, 0.1) is 4.99 Å². The van der Waals surface area contributed by atoms with E-state index >= 15 is 0 Å². The van der Waals surface area contributed by atoms with Gasteiger partial charge in [0.2, 0.25) is 0 Å². The van der Waals surface area contributed by atoms with Crippen molar-refractivity contribution in [2.75, 3.05) is 13.1 Å². The van der Waals surface area contributed by atoms with E-state index in [4.69, 9.17) is 12.2 Å². The summed E-state index contributed by atoms with van der Waals surface area (Å²) in [5.74, 6) is 0.951. The van der Waals surface area contributed by atoms with Crippen LogP contribution in [0, 0.1) is 11.8 Å². The lowest BCUT2D eigenvalue weighted by molar-refractivity contribution is -0.0172. The maximum atomic E-state index is 6.13. The Hall–Kier alpha value is -1.71. The molecule has 2 nitrogen and oxygen atoms in total. The zero-order valence-electron chi connectivity index (χ0n) is 15.6. The lowest BCUT2D eigenvalue weighted by Gasteiger charge is -2.58. The molecule has 2 aromatic carbocycles. The minimum absolute atomic E-state index is 0.306. The Morgan fingerprint density at radius 1 is 0.885 bits per heavy atom. The summed E-state index contributed by atoms with van der Waals surface area (Å²) in [4.78, 5) is 6.46. The second-order valence-electron chi connectivity index (χ2n) is 8.26. The first-order chi connectivity index (χ1) is 12.7. The molecule has 134 valence electrons. The smallest absolute Gasteiger partial charge is 0.109 e. The quantitative estimate of drug-likeness (QED) is 0.676. The number of rotatable bonds is 1. The number of hydrogen-bond donors (Lipinski definition) is 0. The topological polar surface area (TPSA) is 6.48 Å². The Labute approximate surface area is 161 Å². The third kappa shape index (κ3) is 2.30. The van der Waals surface area contributed by atoms with E-state index in [0.29, 0.717) is 24.0 Å². The molecular formula is C23H26N2S. The van der Waals surface area contributed by atoms with E-state index in [9.17, 15) is 0 Å². The molecule has 3 atom stereocenters. The van der Waals surface area contributed by atoms with Gasteiger partial charge in [0.15, 0.2) is 0 Å². The largest absolute Gasteiger partial charge is 0.346 e. The number of benzene rings is 2. The third-order valence-electron chi connectivity index (χ3n) is 6.56. The Kier molecular flexibility index (Phi) is 3.91. The van der Waals surface area contributed by atoms with E-state index in [1.54, 1.807) is 0 Å². The van der Waals surface area contributed by atoms with Gasteiger partial charge in [0.1, 0.15) is 6.17 Å². The van der Waals surface area contributed by atoms with Crippen LogP contribution in [0.25, 0.3) is 0 Å². The predicted molar refractivity (Wildman–Crippen MR) is 110 cm³/mol. The number of nitrogens with zero attached hydrogens (tertiary/aromatic N) is 2. The van der Waals surface area contributed by atoms with Crippen molar-refractivity contribution in [3.8, 4) is 0 Å². The molecule has 5 rings (SSSR count). The molecule has 0 saturated carbocycles. The highest BCUT2D eigenvalue weighted by Crippen LogP contribution is 2.50. The van der Waals surface area contributed by atoms with E-state index in [1.807, 2.05) is 0 Å². The molecule has 0 unspecified atom stereocenters. The molecule has 0 amide bonds. The molecule has 0 bridgehead atoms. The SMILES string of the molecule is CC(C)[C@@H]1C(=S)N2CCc3ccccc3[C@H]2N2CCc3ccccc3[C@@H]12. The Bertz CT molecular complexity index is 859. The minimum Gasteiger partial charge on any atom is -0.346 e. The number of thiocarbonyl (C=S) groups is 1. The van der Waals surface area contributed by atoms with Crippen molar-refractivity contribution in [1.29, 1.82) is 0 Å². The van der Waals surface area contributed by atoms with Gasteiger partial charge in [-0.05, 0) is 41.0 Å². The molecule has 0 radical (unpaired) electrons. The summed E-state index contributed by atoms with van der Waals surface area (Å²) in [6, 6.07) is 18.4. The van der Waals surface area contributed by atoms with Gasteiger partial charge in [0, 0.05) is 25.0 Å². The van der Waals surface area contributed by atoms with Crippen LogP contribution < -0.4 is 0 Å². The molecule has 3 heteroatoms. The standard InChI is InChI=1S/C23H26N2S/c1-15(2)20-21-18-9-5-3-7-16(18)11-13-24(21)22-19-10-6-4-8-17(19)12-14-25(22)23(20)26/h3-10,15,20-22H,11-14H2,1-2H3/t20-,21-,22-/m0/s1. The first-order valence-corrected chi connectivity index (χ1v) is 10.3. The summed E-state index contributed by atoms with van der Waals surface area (Å²) in [6.07, 6.45) is 2.55. The van der Waals surface area contributed by atoms with Gasteiger partial charge in [0.25, 0.3) is 0 Å². The van der Waals surface area contributed by atoms with Crippen molar-refractivity contribution in [3.05, 3.63) is 70.8 Å². The molecule has 0 aliphatic carbocycles. The van der Waals surface area contributed by atoms with Gasteiger partial charge in [-0.2, -0.15) is 0 Å². The summed E-state index contributed by atoms with van der Waals surface area (Å²) in [5, 5.41) is 0. The third-order valence-corrected chi connectivity index (χ3v) is 7.07. The summed E-state index contributed by atoms with van der Waals surface area (Å²) >= 11 is 6.13. The van der Waals surface area contributed by atoms with E-state index in [0.717, 1.165) is 25.9 Å². The maximum Gasteiger partial charge on any atom is 0.109 e. The molecule has 26 heavy (non-hydrogen) atoms. The van der Waals surface area contributed by atoms with Crippen molar-refractivity contribution in [3.63, 3.8) is 0 Å². The van der Waals surface area contributed by atoms with Gasteiger partial charge >= 0.3 is 0 Å². The zero-order chi connectivity index (χ0) is 17.8. The second-order valence-corrected chi connectivity index (χ2v) is 8.67. The van der Waals surface area contributed by atoms with Crippen molar-refractivity contribution >= 4 is 17.2 Å². The molecule has 2 aromatic rings. The summed E-state index contributed by atoms with van der Waals surface area (Å²) < 4.78 is 0. The van der Waals surface area contributed by atoms with Crippen molar-refractivity contribution in [2.45, 2.75) is 38.9 Å². The van der Waals surface area contributed by atoms with Crippen LogP contribution in [0.3, 0.4) is 0 Å². The second kappa shape index (κ2) is 6.17. The normalized spacial score (nSPS) is 27.6. The van der Waals surface area contributed by atoms with Gasteiger partial charge < -0.3 is 4.90 Å². The van der Waals surface area contributed by atoms with Crippen LogP contribution in [0.4, 0.5) is 0 Å². The average molecular weight is 363 g/mol. The minimum atomic E-state index is 0.306. The molecule has 1 saturated heterocycles. The fourth-order valence-electron chi connectivity index (χ4n) is 5.40. The highest BCUT2D eigenvalue weighted by Gasteiger charge is 2.49. The summed E-state index contributed by atoms with van der Waals surface area (Å²) in [6.45, 7) is 6.84. The Morgan fingerprint density at radius 2 is 1.50 bits per heavy atom. The van der Waals surface area contributed by atoms with Crippen molar-refractivity contribution in [2.24, 2.45) is 11.8 Å². The lowest BCUT2D eigenvalue weighted by Crippen LogP contribution is -2.60. The highest BCUT2D eigenvalue weighted by molar-refractivity contribution is 7.80. The number of fused-ring (bicyclic) bond motifs is 7. The zero-order valence-corrected chi connectivity index (χ0v) is 16.4. The van der Waals surface area contributed by atoms with Crippen LogP contribution >= 0.6 is 12.2 Å². The fraction of sp³-hybridized carbons (Fsp3) is 0.435. The molecular weight excluding hydrogens is 336 g/mol. The first-order valence-electron chi connectivity index (χ1n) is 9.88.